The lowest BCUT2D eigenvalue weighted by molar-refractivity contribution is 0.282. The van der Waals surface area contributed by atoms with Crippen LogP contribution in [0.2, 0.25) is 0 Å². The molecule has 0 aliphatic heterocycles. The van der Waals surface area contributed by atoms with Crippen LogP contribution in [0.25, 0.3) is 11.1 Å². The van der Waals surface area contributed by atoms with Gasteiger partial charge < -0.3 is 10.2 Å². The minimum atomic E-state index is -0.186. The van der Waals surface area contributed by atoms with Gasteiger partial charge in [-0.05, 0) is 36.5 Å². The molecule has 3 heteroatoms. The van der Waals surface area contributed by atoms with E-state index in [1.54, 1.807) is 0 Å². The molecule has 2 N–H and O–H groups in total. The summed E-state index contributed by atoms with van der Waals surface area (Å²) in [7, 11) is 0. The van der Waals surface area contributed by atoms with E-state index in [0.717, 1.165) is 16.7 Å². The molecule has 0 radical (unpaired) electrons. The SMILES string of the molecule is Cc1cc(C)c2oc(C(N)C(C)(C)C)nc2c1. The van der Waals surface area contributed by atoms with Crippen LogP contribution in [0.15, 0.2) is 16.5 Å². The van der Waals surface area contributed by atoms with Gasteiger partial charge in [-0.2, -0.15) is 0 Å². The van der Waals surface area contributed by atoms with Crippen LogP contribution >= 0.6 is 0 Å². The third-order valence-corrected chi connectivity index (χ3v) is 3.04. The van der Waals surface area contributed by atoms with Gasteiger partial charge in [0.05, 0.1) is 6.04 Å². The minimum Gasteiger partial charge on any atom is -0.439 e. The van der Waals surface area contributed by atoms with Gasteiger partial charge in [0.15, 0.2) is 5.58 Å². The van der Waals surface area contributed by atoms with Crippen molar-refractivity contribution in [3.8, 4) is 0 Å². The van der Waals surface area contributed by atoms with E-state index in [1.165, 1.54) is 5.56 Å². The van der Waals surface area contributed by atoms with Gasteiger partial charge in [-0.3, -0.25) is 0 Å². The van der Waals surface area contributed by atoms with Crippen molar-refractivity contribution in [1.82, 2.24) is 4.98 Å². The monoisotopic (exact) mass is 232 g/mol. The first-order valence-corrected chi connectivity index (χ1v) is 5.92. The lowest BCUT2D eigenvalue weighted by Gasteiger charge is -2.23. The van der Waals surface area contributed by atoms with Crippen LogP contribution in [0.1, 0.15) is 43.8 Å². The standard InChI is InChI=1S/C14H20N2O/c1-8-6-9(2)11-10(7-8)16-13(17-11)12(15)14(3,4)5/h6-7,12H,15H2,1-5H3. The Balaban J connectivity index is 2.56. The molecule has 0 aliphatic rings. The molecule has 0 fully saturated rings. The van der Waals surface area contributed by atoms with Gasteiger partial charge >= 0.3 is 0 Å². The molecule has 0 bridgehead atoms. The highest BCUT2D eigenvalue weighted by molar-refractivity contribution is 5.77. The highest BCUT2D eigenvalue weighted by Gasteiger charge is 2.27. The van der Waals surface area contributed by atoms with E-state index in [0.29, 0.717) is 5.89 Å². The van der Waals surface area contributed by atoms with Crippen molar-refractivity contribution in [3.05, 3.63) is 29.2 Å². The summed E-state index contributed by atoms with van der Waals surface area (Å²) in [5.74, 6) is 0.626. The third-order valence-electron chi connectivity index (χ3n) is 3.04. The molecular weight excluding hydrogens is 212 g/mol. The van der Waals surface area contributed by atoms with Crippen LogP contribution in [0.3, 0.4) is 0 Å². The fourth-order valence-electron chi connectivity index (χ4n) is 1.90. The van der Waals surface area contributed by atoms with E-state index >= 15 is 0 Å². The average Bonchev–Trinajstić information content (AvgIpc) is 2.58. The summed E-state index contributed by atoms with van der Waals surface area (Å²) >= 11 is 0. The first kappa shape index (κ1) is 12.1. The molecule has 2 rings (SSSR count). The Labute approximate surface area is 102 Å². The molecule has 3 nitrogen and oxygen atoms in total. The summed E-state index contributed by atoms with van der Waals surface area (Å²) in [6.45, 7) is 10.4. The van der Waals surface area contributed by atoms with Gasteiger partial charge in [0.2, 0.25) is 5.89 Å². The number of rotatable bonds is 1. The summed E-state index contributed by atoms with van der Waals surface area (Å²) in [6.07, 6.45) is 0. The third kappa shape index (κ3) is 2.20. The maximum atomic E-state index is 6.17. The average molecular weight is 232 g/mol. The predicted octanol–water partition coefficient (Wildman–Crippen LogP) is 3.49. The second kappa shape index (κ2) is 3.84. The second-order valence-corrected chi connectivity index (χ2v) is 5.83. The second-order valence-electron chi connectivity index (χ2n) is 5.83. The van der Waals surface area contributed by atoms with Crippen molar-refractivity contribution in [2.24, 2.45) is 11.1 Å². The zero-order chi connectivity index (χ0) is 12.8. The summed E-state index contributed by atoms with van der Waals surface area (Å²) in [4.78, 5) is 4.51. The van der Waals surface area contributed by atoms with E-state index < -0.39 is 0 Å². The maximum absolute atomic E-state index is 6.17. The van der Waals surface area contributed by atoms with Gasteiger partial charge in [-0.1, -0.05) is 26.8 Å². The number of oxazole rings is 1. The Bertz CT molecular complexity index is 549. The summed E-state index contributed by atoms with van der Waals surface area (Å²) in [6, 6.07) is 3.94. The van der Waals surface area contributed by atoms with Crippen molar-refractivity contribution in [1.29, 1.82) is 0 Å². The van der Waals surface area contributed by atoms with Gasteiger partial charge in [-0.25, -0.2) is 4.98 Å². The van der Waals surface area contributed by atoms with E-state index in [9.17, 15) is 0 Å². The Morgan fingerprint density at radius 2 is 1.88 bits per heavy atom. The van der Waals surface area contributed by atoms with E-state index in [-0.39, 0.29) is 11.5 Å². The minimum absolute atomic E-state index is 0.0518. The fraction of sp³-hybridized carbons (Fsp3) is 0.500. The number of benzene rings is 1. The number of hydrogen-bond donors (Lipinski definition) is 1. The largest absolute Gasteiger partial charge is 0.439 e. The highest BCUT2D eigenvalue weighted by atomic mass is 16.3. The molecular formula is C14H20N2O. The summed E-state index contributed by atoms with van der Waals surface area (Å²) in [5.41, 5.74) is 10.2. The zero-order valence-electron chi connectivity index (χ0n) is 11.2. The molecule has 0 saturated carbocycles. The summed E-state index contributed by atoms with van der Waals surface area (Å²) < 4.78 is 5.81. The Morgan fingerprint density at radius 1 is 1.24 bits per heavy atom. The van der Waals surface area contributed by atoms with E-state index in [4.69, 9.17) is 10.2 Å². The lowest BCUT2D eigenvalue weighted by atomic mass is 9.87. The van der Waals surface area contributed by atoms with Crippen molar-refractivity contribution in [2.45, 2.75) is 40.7 Å². The van der Waals surface area contributed by atoms with Crippen LogP contribution in [0.4, 0.5) is 0 Å². The normalized spacial score (nSPS) is 14.2. The van der Waals surface area contributed by atoms with Crippen molar-refractivity contribution in [2.75, 3.05) is 0 Å². The van der Waals surface area contributed by atoms with Crippen molar-refractivity contribution in [3.63, 3.8) is 0 Å². The van der Waals surface area contributed by atoms with Crippen LogP contribution < -0.4 is 5.73 Å². The molecule has 1 atom stereocenters. The van der Waals surface area contributed by atoms with Crippen LogP contribution in [0, 0.1) is 19.3 Å². The molecule has 1 aromatic carbocycles. The highest BCUT2D eigenvalue weighted by Crippen LogP contribution is 2.32. The number of hydrogen-bond acceptors (Lipinski definition) is 3. The number of fused-ring (bicyclic) bond motifs is 1. The smallest absolute Gasteiger partial charge is 0.212 e. The molecule has 1 aromatic heterocycles. The maximum Gasteiger partial charge on any atom is 0.212 e. The van der Waals surface area contributed by atoms with Gasteiger partial charge in [-0.15, -0.1) is 0 Å². The van der Waals surface area contributed by atoms with Gasteiger partial charge in [0.1, 0.15) is 5.52 Å². The van der Waals surface area contributed by atoms with Crippen LogP contribution in [-0.4, -0.2) is 4.98 Å². The van der Waals surface area contributed by atoms with Gasteiger partial charge in [0, 0.05) is 0 Å². The first-order valence-electron chi connectivity index (χ1n) is 5.92. The number of nitrogens with two attached hydrogens (primary N) is 1. The Morgan fingerprint density at radius 3 is 2.47 bits per heavy atom. The molecule has 0 aliphatic carbocycles. The quantitative estimate of drug-likeness (QED) is 0.818. The Kier molecular flexibility index (Phi) is 2.74. The molecule has 2 aromatic rings. The molecule has 1 heterocycles. The van der Waals surface area contributed by atoms with E-state index in [1.807, 2.05) is 13.0 Å². The van der Waals surface area contributed by atoms with Gasteiger partial charge in [0.25, 0.3) is 0 Å². The molecule has 92 valence electrons. The van der Waals surface area contributed by atoms with Crippen LogP contribution in [-0.2, 0) is 0 Å². The lowest BCUT2D eigenvalue weighted by Crippen LogP contribution is -2.26. The summed E-state index contributed by atoms with van der Waals surface area (Å²) in [5, 5.41) is 0. The molecule has 17 heavy (non-hydrogen) atoms. The molecule has 0 amide bonds. The van der Waals surface area contributed by atoms with E-state index in [2.05, 4.69) is 38.7 Å². The topological polar surface area (TPSA) is 52.0 Å². The zero-order valence-corrected chi connectivity index (χ0v) is 11.2. The molecule has 0 saturated heterocycles. The fourth-order valence-corrected chi connectivity index (χ4v) is 1.90. The number of aromatic nitrogens is 1. The first-order chi connectivity index (χ1) is 7.79. The Hall–Kier alpha value is -1.35. The molecule has 0 spiro atoms. The van der Waals surface area contributed by atoms with Crippen molar-refractivity contribution >= 4 is 11.1 Å². The van der Waals surface area contributed by atoms with Crippen molar-refractivity contribution < 1.29 is 4.42 Å². The molecule has 1 unspecified atom stereocenters. The number of nitrogens with zero attached hydrogens (tertiary/aromatic N) is 1. The van der Waals surface area contributed by atoms with Crippen LogP contribution in [0.5, 0.6) is 0 Å². The number of aryl methyl sites for hydroxylation is 2. The predicted molar refractivity (Wildman–Crippen MR) is 69.9 cm³/mol.